The van der Waals surface area contributed by atoms with Crippen molar-refractivity contribution in [3.05, 3.63) is 0 Å². The van der Waals surface area contributed by atoms with Crippen molar-refractivity contribution in [3.8, 4) is 0 Å². The van der Waals surface area contributed by atoms with Gasteiger partial charge in [0.05, 0.1) is 0 Å². The van der Waals surface area contributed by atoms with Crippen LogP contribution in [-0.4, -0.2) is 19.0 Å². The van der Waals surface area contributed by atoms with E-state index in [1.165, 1.54) is 6.42 Å². The molecule has 0 nitrogen and oxygen atoms in total. The maximum absolute atomic E-state index is 13.0. The Kier molecular flexibility index (Phi) is 1.87. The Morgan fingerprint density at radius 3 is 1.88 bits per heavy atom. The van der Waals surface area contributed by atoms with Crippen LogP contribution < -0.4 is 0 Å². The SMILES string of the molecule is C[PH]1(F)CCCCC1. The van der Waals surface area contributed by atoms with Gasteiger partial charge in [0.15, 0.2) is 0 Å². The quantitative estimate of drug-likeness (QED) is 0.448. The number of rotatable bonds is 0. The molecule has 0 atom stereocenters. The van der Waals surface area contributed by atoms with Crippen LogP contribution in [0.3, 0.4) is 0 Å². The molecule has 0 unspecified atom stereocenters. The molecule has 1 saturated heterocycles. The fraction of sp³-hybridized carbons (Fsp3) is 1.00. The summed E-state index contributed by atoms with van der Waals surface area (Å²) in [7, 11) is -2.09. The molecule has 2 heteroatoms. The van der Waals surface area contributed by atoms with Crippen molar-refractivity contribution in [2.24, 2.45) is 0 Å². The fourth-order valence-corrected chi connectivity index (χ4v) is 3.51. The van der Waals surface area contributed by atoms with E-state index in [-0.39, 0.29) is 0 Å². The second kappa shape index (κ2) is 2.31. The average Bonchev–Trinajstić information content (AvgIpc) is 1.65. The summed E-state index contributed by atoms with van der Waals surface area (Å²) in [4.78, 5) is 0. The minimum atomic E-state index is -2.09. The van der Waals surface area contributed by atoms with Gasteiger partial charge in [0, 0.05) is 0 Å². The normalized spacial score (nSPS) is 31.8. The average molecular weight is 136 g/mol. The summed E-state index contributed by atoms with van der Waals surface area (Å²) < 4.78 is 13.0. The van der Waals surface area contributed by atoms with E-state index in [9.17, 15) is 4.20 Å². The first kappa shape index (κ1) is 6.48. The Balaban J connectivity index is 2.33. The van der Waals surface area contributed by atoms with E-state index < -0.39 is 7.57 Å². The van der Waals surface area contributed by atoms with Gasteiger partial charge in [-0.2, -0.15) is 0 Å². The van der Waals surface area contributed by atoms with E-state index in [2.05, 4.69) is 0 Å². The second-order valence-corrected chi connectivity index (χ2v) is 6.80. The van der Waals surface area contributed by atoms with Crippen molar-refractivity contribution >= 4 is 7.57 Å². The van der Waals surface area contributed by atoms with Gasteiger partial charge in [0.2, 0.25) is 0 Å². The molecule has 1 rings (SSSR count). The van der Waals surface area contributed by atoms with Crippen molar-refractivity contribution < 1.29 is 4.20 Å². The zero-order valence-electron chi connectivity index (χ0n) is 5.41. The molecular weight excluding hydrogens is 122 g/mol. The molecule has 0 aromatic heterocycles. The molecule has 1 fully saturated rings. The van der Waals surface area contributed by atoms with E-state index >= 15 is 0 Å². The van der Waals surface area contributed by atoms with Gasteiger partial charge in [-0.25, -0.2) is 0 Å². The van der Waals surface area contributed by atoms with Crippen LogP contribution in [0.4, 0.5) is 4.20 Å². The third-order valence-electron chi connectivity index (χ3n) is 1.90. The summed E-state index contributed by atoms with van der Waals surface area (Å²) in [5.74, 6) is 0. The Labute approximate surface area is 50.9 Å². The predicted molar refractivity (Wildman–Crippen MR) is 38.9 cm³/mol. The first-order chi connectivity index (χ1) is 3.71. The van der Waals surface area contributed by atoms with E-state index in [4.69, 9.17) is 0 Å². The van der Waals surface area contributed by atoms with E-state index in [0.717, 1.165) is 25.2 Å². The van der Waals surface area contributed by atoms with E-state index in [0.29, 0.717) is 0 Å². The first-order valence-corrected chi connectivity index (χ1v) is 6.19. The van der Waals surface area contributed by atoms with Crippen molar-refractivity contribution in [2.45, 2.75) is 19.3 Å². The van der Waals surface area contributed by atoms with Crippen LogP contribution in [0.15, 0.2) is 0 Å². The van der Waals surface area contributed by atoms with Crippen LogP contribution in [-0.2, 0) is 0 Å². The Morgan fingerprint density at radius 2 is 1.62 bits per heavy atom. The third-order valence-corrected chi connectivity index (χ3v) is 4.69. The van der Waals surface area contributed by atoms with E-state index in [1.807, 2.05) is 6.66 Å². The molecule has 0 spiro atoms. The topological polar surface area (TPSA) is 0 Å². The zero-order valence-corrected chi connectivity index (χ0v) is 6.41. The van der Waals surface area contributed by atoms with Gasteiger partial charge in [-0.3, -0.25) is 0 Å². The molecule has 8 heavy (non-hydrogen) atoms. The molecule has 0 amide bonds. The van der Waals surface area contributed by atoms with Gasteiger partial charge in [-0.05, 0) is 0 Å². The molecule has 1 heterocycles. The Bertz CT molecular complexity index is 72.6. The Morgan fingerprint density at radius 1 is 1.12 bits per heavy atom. The van der Waals surface area contributed by atoms with E-state index in [1.54, 1.807) is 0 Å². The van der Waals surface area contributed by atoms with Crippen molar-refractivity contribution in [3.63, 3.8) is 0 Å². The monoisotopic (exact) mass is 136 g/mol. The fourth-order valence-electron chi connectivity index (χ4n) is 1.29. The molecule has 50 valence electrons. The van der Waals surface area contributed by atoms with Crippen LogP contribution in [0.2, 0.25) is 0 Å². The Hall–Kier alpha value is 0.360. The zero-order chi connectivity index (χ0) is 6.04. The molecule has 0 aromatic rings. The molecule has 0 bridgehead atoms. The van der Waals surface area contributed by atoms with Crippen LogP contribution >= 0.6 is 7.57 Å². The third kappa shape index (κ3) is 1.70. The van der Waals surface area contributed by atoms with Gasteiger partial charge < -0.3 is 0 Å². The summed E-state index contributed by atoms with van der Waals surface area (Å²) in [6.07, 6.45) is 5.42. The first-order valence-electron chi connectivity index (χ1n) is 3.40. The molecule has 0 aliphatic carbocycles. The molecular formula is C6H14FP. The molecule has 0 radical (unpaired) electrons. The molecule has 0 aromatic carbocycles. The summed E-state index contributed by atoms with van der Waals surface area (Å²) in [5, 5.41) is 0. The number of hydrogen-bond acceptors (Lipinski definition) is 0. The summed E-state index contributed by atoms with van der Waals surface area (Å²) in [6.45, 7) is 1.85. The molecule has 0 N–H and O–H groups in total. The standard InChI is InChI=1S/C6H14FP/c1-8(7)5-3-2-4-6-8/h8H,2-6H2,1H3. The molecule has 1 aliphatic rings. The second-order valence-electron chi connectivity index (χ2n) is 2.97. The molecule has 0 saturated carbocycles. The number of halogens is 1. The van der Waals surface area contributed by atoms with Crippen LogP contribution in [0.25, 0.3) is 0 Å². The van der Waals surface area contributed by atoms with Crippen molar-refractivity contribution in [2.75, 3.05) is 19.0 Å². The summed E-state index contributed by atoms with van der Waals surface area (Å²) in [5.41, 5.74) is 0. The van der Waals surface area contributed by atoms with Crippen LogP contribution in [0, 0.1) is 0 Å². The number of hydrogen-bond donors (Lipinski definition) is 0. The maximum atomic E-state index is 13.0. The van der Waals surface area contributed by atoms with Crippen molar-refractivity contribution in [1.82, 2.24) is 0 Å². The van der Waals surface area contributed by atoms with Crippen molar-refractivity contribution in [1.29, 1.82) is 0 Å². The van der Waals surface area contributed by atoms with Crippen LogP contribution in [0.5, 0.6) is 0 Å². The van der Waals surface area contributed by atoms with Gasteiger partial charge in [-0.1, -0.05) is 0 Å². The van der Waals surface area contributed by atoms with Gasteiger partial charge in [0.1, 0.15) is 0 Å². The predicted octanol–water partition coefficient (Wildman–Crippen LogP) is 2.43. The van der Waals surface area contributed by atoms with Gasteiger partial charge in [-0.15, -0.1) is 0 Å². The summed E-state index contributed by atoms with van der Waals surface area (Å²) in [6, 6.07) is 0. The van der Waals surface area contributed by atoms with Gasteiger partial charge >= 0.3 is 50.0 Å². The van der Waals surface area contributed by atoms with Gasteiger partial charge in [0.25, 0.3) is 0 Å². The molecule has 1 aliphatic heterocycles. The summed E-state index contributed by atoms with van der Waals surface area (Å²) >= 11 is 0. The van der Waals surface area contributed by atoms with Crippen LogP contribution in [0.1, 0.15) is 19.3 Å². The minimum absolute atomic E-state index is 0.924.